The monoisotopic (exact) mass is 454 g/mol. The van der Waals surface area contributed by atoms with E-state index < -0.39 is 68.3 Å². The van der Waals surface area contributed by atoms with Gasteiger partial charge in [0.2, 0.25) is 0 Å². The average Bonchev–Trinajstić information content (AvgIpc) is 2.49. The predicted octanol–water partition coefficient (Wildman–Crippen LogP) is -0.680. The molecule has 1 aliphatic heterocycles. The van der Waals surface area contributed by atoms with E-state index in [1.807, 2.05) is 0 Å². The molecule has 10 nitrogen and oxygen atoms in total. The zero-order valence-electron chi connectivity index (χ0n) is 15.6. The summed E-state index contributed by atoms with van der Waals surface area (Å²) in [6.45, 7) is 5.65. The van der Waals surface area contributed by atoms with Crippen molar-refractivity contribution >= 4 is 43.5 Å². The molecular weight excluding hydrogens is 431 g/mol. The Bertz CT molecular complexity index is 604. The van der Waals surface area contributed by atoms with Crippen molar-refractivity contribution in [2.24, 2.45) is 0 Å². The number of esters is 4. The molecule has 0 unspecified atom stereocenters. The van der Waals surface area contributed by atoms with E-state index in [0.29, 0.717) is 0 Å². The van der Waals surface area contributed by atoms with Crippen molar-refractivity contribution in [2.45, 2.75) is 64.0 Å². The molecule has 0 aliphatic carbocycles. The van der Waals surface area contributed by atoms with Crippen LogP contribution in [0.5, 0.6) is 0 Å². The van der Waals surface area contributed by atoms with Gasteiger partial charge in [-0.3, -0.25) is 0 Å². The fraction of sp³-hybridized carbons (Fsp3) is 0.688. The van der Waals surface area contributed by atoms with Gasteiger partial charge in [-0.1, -0.05) is 0 Å². The van der Waals surface area contributed by atoms with Crippen LogP contribution in [-0.2, 0) is 47.7 Å². The summed E-state index contributed by atoms with van der Waals surface area (Å²) in [6.07, 6.45) is -4.60. The van der Waals surface area contributed by atoms with Crippen molar-refractivity contribution in [3.05, 3.63) is 0 Å². The van der Waals surface area contributed by atoms with Gasteiger partial charge >= 0.3 is 162 Å². The van der Waals surface area contributed by atoms with Crippen LogP contribution in [0.3, 0.4) is 0 Å². The fourth-order valence-corrected chi connectivity index (χ4v) is 4.27. The normalized spacial score (nSPS) is 27.2. The molecule has 0 aromatic carbocycles. The molecule has 0 spiro atoms. The van der Waals surface area contributed by atoms with E-state index in [2.05, 4.69) is 0 Å². The molecule has 27 heavy (non-hydrogen) atoms. The molecule has 1 saturated heterocycles. The van der Waals surface area contributed by atoms with E-state index in [0.717, 1.165) is 20.8 Å². The molecule has 1 aliphatic rings. The van der Waals surface area contributed by atoms with Gasteiger partial charge in [-0.15, -0.1) is 0 Å². The van der Waals surface area contributed by atoms with Crippen molar-refractivity contribution in [1.29, 1.82) is 0 Å². The van der Waals surface area contributed by atoms with Crippen molar-refractivity contribution in [3.63, 3.8) is 0 Å². The quantitative estimate of drug-likeness (QED) is 0.278. The van der Waals surface area contributed by atoms with Crippen molar-refractivity contribution in [2.75, 3.05) is 6.61 Å². The Kier molecular flexibility index (Phi) is 8.87. The second kappa shape index (κ2) is 10.4. The van der Waals surface area contributed by atoms with Crippen LogP contribution in [0.1, 0.15) is 34.6 Å². The number of hydrogen-bond acceptors (Lipinski definition) is 10. The molecule has 0 bridgehead atoms. The Balaban J connectivity index is 3.29. The predicted molar refractivity (Wildman–Crippen MR) is 88.4 cm³/mol. The fourth-order valence-electron chi connectivity index (χ4n) is 2.45. The zero-order chi connectivity index (χ0) is 20.7. The van der Waals surface area contributed by atoms with Gasteiger partial charge in [0.1, 0.15) is 0 Å². The second-order valence-electron chi connectivity index (χ2n) is 5.68. The minimum absolute atomic E-state index is 0.205. The Morgan fingerprint density at radius 2 is 1.22 bits per heavy atom. The molecule has 1 heterocycles. The van der Waals surface area contributed by atoms with Gasteiger partial charge in [0, 0.05) is 0 Å². The molecule has 1 fully saturated rings. The average molecular weight is 453 g/mol. The van der Waals surface area contributed by atoms with Crippen LogP contribution >= 0.6 is 0 Å². The Morgan fingerprint density at radius 3 is 1.67 bits per heavy atom. The first-order valence-electron chi connectivity index (χ1n) is 7.99. The van der Waals surface area contributed by atoms with E-state index in [1.165, 1.54) is 13.8 Å². The van der Waals surface area contributed by atoms with Crippen LogP contribution in [0.15, 0.2) is 0 Å². The Hall–Kier alpha value is -1.97. The van der Waals surface area contributed by atoms with Gasteiger partial charge in [-0.25, -0.2) is 0 Å². The summed E-state index contributed by atoms with van der Waals surface area (Å²) in [4.78, 5) is 57.4. The standard InChI is InChI=1S/C16H22O10Se/c1-7(17)22-6-12-13(23-8(2)18)14(24-9(3)19)15(25-10(4)20)16(26-12)27-11(5)21/h12-16H,6H2,1-5H3/t12-,13-,14+,15-,16+/m1/s1. The summed E-state index contributed by atoms with van der Waals surface area (Å²) < 4.78 is 26.2. The molecule has 0 aromatic heterocycles. The molecule has 152 valence electrons. The van der Waals surface area contributed by atoms with Crippen molar-refractivity contribution in [3.8, 4) is 0 Å². The first-order valence-corrected chi connectivity index (χ1v) is 9.83. The Labute approximate surface area is 162 Å². The van der Waals surface area contributed by atoms with Crippen LogP contribution in [0, 0.1) is 0 Å². The maximum absolute atomic E-state index is 11.6. The molecule has 0 radical (unpaired) electrons. The molecule has 11 heteroatoms. The Morgan fingerprint density at radius 1 is 0.741 bits per heavy atom. The number of carbonyl (C=O) groups is 5. The van der Waals surface area contributed by atoms with Gasteiger partial charge in [0.05, 0.1) is 0 Å². The first-order chi connectivity index (χ1) is 12.5. The van der Waals surface area contributed by atoms with E-state index in [4.69, 9.17) is 23.7 Å². The number of hydrogen-bond donors (Lipinski definition) is 0. The second-order valence-corrected chi connectivity index (χ2v) is 8.35. The third kappa shape index (κ3) is 7.66. The summed E-state index contributed by atoms with van der Waals surface area (Å²) >= 11 is -0.797. The molecule has 0 aromatic rings. The zero-order valence-corrected chi connectivity index (χ0v) is 17.3. The van der Waals surface area contributed by atoms with Crippen molar-refractivity contribution in [1.82, 2.24) is 0 Å². The molecule has 0 saturated carbocycles. The number of carbonyl (C=O) groups excluding carboxylic acids is 5. The molecule has 5 atom stereocenters. The van der Waals surface area contributed by atoms with E-state index in [1.54, 1.807) is 0 Å². The third-order valence-electron chi connectivity index (χ3n) is 3.23. The van der Waals surface area contributed by atoms with Gasteiger partial charge in [-0.05, 0) is 0 Å². The minimum atomic E-state index is -1.23. The van der Waals surface area contributed by atoms with Crippen molar-refractivity contribution < 1.29 is 47.7 Å². The first kappa shape index (κ1) is 23.1. The van der Waals surface area contributed by atoms with Crippen LogP contribution in [0.2, 0.25) is 0 Å². The third-order valence-corrected chi connectivity index (χ3v) is 5.21. The molecule has 0 N–H and O–H groups in total. The van der Waals surface area contributed by atoms with E-state index in [-0.39, 0.29) is 11.3 Å². The summed E-state index contributed by atoms with van der Waals surface area (Å²) in [5.74, 6) is -2.70. The van der Waals surface area contributed by atoms with Gasteiger partial charge in [0.15, 0.2) is 0 Å². The topological polar surface area (TPSA) is 132 Å². The summed E-state index contributed by atoms with van der Waals surface area (Å²) in [5.41, 5.74) is 0. The number of rotatable bonds is 7. The summed E-state index contributed by atoms with van der Waals surface area (Å²) in [7, 11) is 0. The van der Waals surface area contributed by atoms with Gasteiger partial charge in [-0.2, -0.15) is 0 Å². The summed E-state index contributed by atoms with van der Waals surface area (Å²) in [5, 5.41) is -0.921. The summed E-state index contributed by atoms with van der Waals surface area (Å²) in [6, 6.07) is 0. The van der Waals surface area contributed by atoms with Crippen LogP contribution in [0.4, 0.5) is 0 Å². The molecule has 1 rings (SSSR count). The molecular formula is C16H22O10Se. The van der Waals surface area contributed by atoms with E-state index >= 15 is 0 Å². The van der Waals surface area contributed by atoms with E-state index in [9.17, 15) is 24.0 Å². The van der Waals surface area contributed by atoms with Crippen LogP contribution in [-0.4, -0.2) is 79.5 Å². The van der Waals surface area contributed by atoms with Crippen LogP contribution < -0.4 is 0 Å². The van der Waals surface area contributed by atoms with Gasteiger partial charge < -0.3 is 0 Å². The van der Waals surface area contributed by atoms with Crippen LogP contribution in [0.25, 0.3) is 0 Å². The van der Waals surface area contributed by atoms with Gasteiger partial charge in [0.25, 0.3) is 0 Å². The number of ether oxygens (including phenoxy) is 5. The SMILES string of the molecule is CC(=O)OC[C@H]1O[C@@H]([Se]C(C)=O)[C@H](OC(C)=O)[C@@H](OC(C)=O)[C@@H]1OC(C)=O. The molecule has 0 amide bonds. The maximum atomic E-state index is 11.6.